The number of aromatic nitrogens is 3. The van der Waals surface area contributed by atoms with E-state index in [1.54, 1.807) is 48.8 Å². The van der Waals surface area contributed by atoms with E-state index >= 15 is 0 Å². The molecule has 0 aliphatic heterocycles. The molecule has 1 aliphatic rings. The quantitative estimate of drug-likeness (QED) is 0.236. The maximum Gasteiger partial charge on any atom is 0.251 e. The molecule has 5 rings (SSSR count). The number of carbonyl (C=O) groups excluding carboxylic acids is 1. The number of hydrogen-bond acceptors (Lipinski definition) is 7. The highest BCUT2D eigenvalue weighted by Gasteiger charge is 2.24. The Labute approximate surface area is 209 Å². The van der Waals surface area contributed by atoms with Gasteiger partial charge in [-0.25, -0.2) is 9.50 Å². The van der Waals surface area contributed by atoms with Gasteiger partial charge < -0.3 is 26.2 Å². The number of nitrogens with zero attached hydrogens (tertiary/aromatic N) is 3. The number of anilines is 3. The van der Waals surface area contributed by atoms with Crippen LogP contribution in [-0.2, 0) is 0 Å². The molecule has 1 fully saturated rings. The zero-order valence-electron chi connectivity index (χ0n) is 20.5. The minimum Gasteiger partial charge on any atom is -0.506 e. The second-order valence-corrected chi connectivity index (χ2v) is 9.91. The number of fused-ring (bicyclic) bond motifs is 1. The molecule has 0 atom stereocenters. The van der Waals surface area contributed by atoms with Crippen molar-refractivity contribution in [3.63, 3.8) is 0 Å². The fourth-order valence-corrected chi connectivity index (χ4v) is 3.95. The summed E-state index contributed by atoms with van der Waals surface area (Å²) in [7, 11) is 0. The van der Waals surface area contributed by atoms with Gasteiger partial charge in [0.25, 0.3) is 5.91 Å². The fraction of sp³-hybridized carbons (Fsp3) is 0.296. The summed E-state index contributed by atoms with van der Waals surface area (Å²) in [5, 5.41) is 34.7. The van der Waals surface area contributed by atoms with Crippen molar-refractivity contribution < 1.29 is 15.0 Å². The maximum atomic E-state index is 12.6. The Morgan fingerprint density at radius 2 is 1.92 bits per heavy atom. The SMILES string of the molecule is Cc1cc(-c2cnc3c(NCC(C)(C)O)cc(Nc4ccccc4O)nn23)ccc1C(=O)NC1CC1. The molecule has 186 valence electrons. The number of rotatable bonds is 8. The van der Waals surface area contributed by atoms with Crippen molar-refractivity contribution in [2.45, 2.75) is 45.3 Å². The molecule has 1 amide bonds. The molecule has 0 spiro atoms. The van der Waals surface area contributed by atoms with Crippen LogP contribution in [0.5, 0.6) is 5.75 Å². The normalized spacial score (nSPS) is 13.6. The van der Waals surface area contributed by atoms with E-state index in [0.29, 0.717) is 41.0 Å². The van der Waals surface area contributed by atoms with Crippen molar-refractivity contribution in [3.05, 3.63) is 65.9 Å². The fourth-order valence-electron chi connectivity index (χ4n) is 3.95. The van der Waals surface area contributed by atoms with Gasteiger partial charge in [0.2, 0.25) is 0 Å². The summed E-state index contributed by atoms with van der Waals surface area (Å²) < 4.78 is 1.72. The van der Waals surface area contributed by atoms with E-state index in [-0.39, 0.29) is 11.7 Å². The second kappa shape index (κ2) is 9.16. The van der Waals surface area contributed by atoms with Crippen LogP contribution in [0, 0.1) is 6.92 Å². The predicted octanol–water partition coefficient (Wildman–Crippen LogP) is 4.23. The third-order valence-electron chi connectivity index (χ3n) is 6.03. The molecule has 2 aromatic carbocycles. The number of aliphatic hydroxyl groups is 1. The summed E-state index contributed by atoms with van der Waals surface area (Å²) in [6, 6.07) is 14.7. The van der Waals surface area contributed by atoms with Crippen LogP contribution in [0.2, 0.25) is 0 Å². The first-order valence-electron chi connectivity index (χ1n) is 12.0. The number of aryl methyl sites for hydroxylation is 1. The van der Waals surface area contributed by atoms with E-state index < -0.39 is 5.60 Å². The highest BCUT2D eigenvalue weighted by Crippen LogP contribution is 2.31. The molecule has 2 heterocycles. The average Bonchev–Trinajstić information content (AvgIpc) is 3.53. The number of aromatic hydroxyl groups is 1. The van der Waals surface area contributed by atoms with Crippen LogP contribution in [0.25, 0.3) is 16.9 Å². The molecule has 5 N–H and O–H groups in total. The monoisotopic (exact) mass is 486 g/mol. The van der Waals surface area contributed by atoms with Gasteiger partial charge in [-0.2, -0.15) is 0 Å². The first-order chi connectivity index (χ1) is 17.2. The number of amides is 1. The third kappa shape index (κ3) is 5.11. The topological polar surface area (TPSA) is 124 Å². The van der Waals surface area contributed by atoms with Gasteiger partial charge in [-0.15, -0.1) is 5.10 Å². The lowest BCUT2D eigenvalue weighted by molar-refractivity contribution is 0.0940. The minimum atomic E-state index is -0.936. The van der Waals surface area contributed by atoms with Crippen LogP contribution in [0.15, 0.2) is 54.7 Å². The van der Waals surface area contributed by atoms with Crippen LogP contribution in [0.4, 0.5) is 17.2 Å². The Kier molecular flexibility index (Phi) is 6.01. The van der Waals surface area contributed by atoms with E-state index in [4.69, 9.17) is 5.10 Å². The largest absolute Gasteiger partial charge is 0.506 e. The van der Waals surface area contributed by atoms with E-state index in [0.717, 1.165) is 29.7 Å². The highest BCUT2D eigenvalue weighted by atomic mass is 16.3. The number of phenolic OH excluding ortho intramolecular Hbond substituents is 1. The lowest BCUT2D eigenvalue weighted by Gasteiger charge is -2.19. The standard InChI is InChI=1S/C27H30N6O3/c1-16-12-17(8-11-19(16)26(35)30-18-9-10-18)22-14-28-25-21(29-15-27(2,3)36)13-24(32-33(22)25)31-20-6-4-5-7-23(20)34/h4-8,11-14,18,29,34,36H,9-10,15H2,1-3H3,(H,30,35)(H,31,32). The number of imidazole rings is 1. The zero-order chi connectivity index (χ0) is 25.4. The third-order valence-corrected chi connectivity index (χ3v) is 6.03. The van der Waals surface area contributed by atoms with Gasteiger partial charge in [0.05, 0.1) is 28.9 Å². The summed E-state index contributed by atoms with van der Waals surface area (Å²) in [4.78, 5) is 17.2. The van der Waals surface area contributed by atoms with Crippen molar-refractivity contribution in [1.82, 2.24) is 19.9 Å². The van der Waals surface area contributed by atoms with Crippen LogP contribution in [0.3, 0.4) is 0 Å². The number of carbonyl (C=O) groups is 1. The predicted molar refractivity (Wildman–Crippen MR) is 140 cm³/mol. The number of para-hydroxylation sites is 2. The van der Waals surface area contributed by atoms with E-state index in [2.05, 4.69) is 20.9 Å². The van der Waals surface area contributed by atoms with Crippen LogP contribution in [-0.4, -0.2) is 48.9 Å². The highest BCUT2D eigenvalue weighted by molar-refractivity contribution is 5.96. The molecule has 2 aromatic heterocycles. The van der Waals surface area contributed by atoms with Crippen LogP contribution in [0.1, 0.15) is 42.6 Å². The molecule has 0 bridgehead atoms. The van der Waals surface area contributed by atoms with Gasteiger partial charge in [-0.3, -0.25) is 4.79 Å². The molecule has 1 aliphatic carbocycles. The van der Waals surface area contributed by atoms with Gasteiger partial charge in [0.1, 0.15) is 5.75 Å². The Balaban J connectivity index is 1.54. The Bertz CT molecular complexity index is 1440. The smallest absolute Gasteiger partial charge is 0.251 e. The van der Waals surface area contributed by atoms with E-state index in [1.807, 2.05) is 31.2 Å². The van der Waals surface area contributed by atoms with E-state index in [1.165, 1.54) is 0 Å². The molecule has 0 saturated heterocycles. The van der Waals surface area contributed by atoms with Gasteiger partial charge in [-0.1, -0.05) is 18.2 Å². The molecule has 36 heavy (non-hydrogen) atoms. The Morgan fingerprint density at radius 1 is 1.14 bits per heavy atom. The Hall–Kier alpha value is -4.11. The summed E-state index contributed by atoms with van der Waals surface area (Å²) in [6.45, 7) is 5.67. The van der Waals surface area contributed by atoms with Crippen molar-refractivity contribution in [2.24, 2.45) is 0 Å². The lowest BCUT2D eigenvalue weighted by atomic mass is 10.0. The summed E-state index contributed by atoms with van der Waals surface area (Å²) >= 11 is 0. The average molecular weight is 487 g/mol. The number of hydrogen-bond donors (Lipinski definition) is 5. The molecular formula is C27H30N6O3. The van der Waals surface area contributed by atoms with Gasteiger partial charge in [-0.05, 0) is 63.4 Å². The summed E-state index contributed by atoms with van der Waals surface area (Å²) in [6.07, 6.45) is 3.81. The van der Waals surface area contributed by atoms with E-state index in [9.17, 15) is 15.0 Å². The molecule has 9 nitrogen and oxygen atoms in total. The molecule has 0 radical (unpaired) electrons. The van der Waals surface area contributed by atoms with Crippen molar-refractivity contribution in [3.8, 4) is 17.0 Å². The number of nitrogens with one attached hydrogen (secondary N) is 3. The van der Waals surface area contributed by atoms with Crippen LogP contribution < -0.4 is 16.0 Å². The van der Waals surface area contributed by atoms with Gasteiger partial charge in [0.15, 0.2) is 11.5 Å². The van der Waals surface area contributed by atoms with Crippen molar-refractivity contribution in [1.29, 1.82) is 0 Å². The van der Waals surface area contributed by atoms with Crippen molar-refractivity contribution in [2.75, 3.05) is 17.2 Å². The number of phenols is 1. The zero-order valence-corrected chi connectivity index (χ0v) is 20.5. The minimum absolute atomic E-state index is 0.0509. The molecule has 1 saturated carbocycles. The van der Waals surface area contributed by atoms with Gasteiger partial charge in [0, 0.05) is 29.8 Å². The number of benzene rings is 2. The summed E-state index contributed by atoms with van der Waals surface area (Å²) in [5.74, 6) is 0.538. The van der Waals surface area contributed by atoms with Gasteiger partial charge >= 0.3 is 0 Å². The maximum absolute atomic E-state index is 12.6. The molecule has 0 unspecified atom stereocenters. The molecular weight excluding hydrogens is 456 g/mol. The molecule has 9 heteroatoms. The van der Waals surface area contributed by atoms with Crippen LogP contribution >= 0.6 is 0 Å². The first kappa shape index (κ1) is 23.6. The molecule has 4 aromatic rings. The lowest BCUT2D eigenvalue weighted by Crippen LogP contribution is -2.29. The van der Waals surface area contributed by atoms with Crippen molar-refractivity contribution >= 4 is 28.7 Å². The second-order valence-electron chi connectivity index (χ2n) is 9.91. The summed E-state index contributed by atoms with van der Waals surface area (Å²) in [5.41, 5.74) is 3.97. The first-order valence-corrected chi connectivity index (χ1v) is 12.0. The Morgan fingerprint density at radius 3 is 2.61 bits per heavy atom.